The minimum Gasteiger partial charge on any atom is -0.359 e. The topological polar surface area (TPSA) is 66.7 Å². The molecule has 0 aliphatic carbocycles. The largest absolute Gasteiger partial charge is 0.359 e. The summed E-state index contributed by atoms with van der Waals surface area (Å²) in [5, 5.41) is 10.8. The Hall–Kier alpha value is -1.95. The number of non-ortho nitro benzene ring substituents is 1. The molecule has 102 valence electrons. The van der Waals surface area contributed by atoms with Crippen LogP contribution in [0, 0.1) is 10.1 Å². The lowest BCUT2D eigenvalue weighted by atomic mass is 10.1. The summed E-state index contributed by atoms with van der Waals surface area (Å²) < 4.78 is 0. The number of nitro benzene ring substituents is 1. The van der Waals surface area contributed by atoms with Crippen molar-refractivity contribution in [2.75, 3.05) is 31.1 Å². The summed E-state index contributed by atoms with van der Waals surface area (Å²) in [5.74, 6) is 0. The molecule has 1 aromatic rings. The normalized spacial score (nSPS) is 20.3. The smallest absolute Gasteiger partial charge is 0.271 e. The Kier molecular flexibility index (Phi) is 4.11. The molecule has 1 saturated heterocycles. The molecule has 1 aromatic carbocycles. The van der Waals surface area contributed by atoms with Crippen LogP contribution in [0.3, 0.4) is 0 Å². The number of nitro groups is 1. The van der Waals surface area contributed by atoms with Gasteiger partial charge in [0.1, 0.15) is 6.29 Å². The first-order valence-corrected chi connectivity index (χ1v) is 6.34. The number of rotatable bonds is 4. The van der Waals surface area contributed by atoms with Crippen molar-refractivity contribution in [2.24, 2.45) is 0 Å². The van der Waals surface area contributed by atoms with Gasteiger partial charge in [0.2, 0.25) is 0 Å². The number of anilines is 1. The second kappa shape index (κ2) is 5.79. The third-order valence-electron chi connectivity index (χ3n) is 3.48. The highest BCUT2D eigenvalue weighted by atomic mass is 16.6. The van der Waals surface area contributed by atoms with Crippen LogP contribution < -0.4 is 4.90 Å². The number of carbonyl (C=O) groups excluding carboxylic acids is 1. The van der Waals surface area contributed by atoms with Gasteiger partial charge in [0, 0.05) is 37.5 Å². The maximum absolute atomic E-state index is 11.2. The average molecular weight is 263 g/mol. The van der Waals surface area contributed by atoms with Gasteiger partial charge in [0.15, 0.2) is 0 Å². The van der Waals surface area contributed by atoms with Crippen molar-refractivity contribution >= 4 is 17.7 Å². The van der Waals surface area contributed by atoms with Gasteiger partial charge >= 0.3 is 0 Å². The third kappa shape index (κ3) is 2.90. The molecule has 0 saturated carbocycles. The summed E-state index contributed by atoms with van der Waals surface area (Å²) in [6.07, 6.45) is 0.917. The molecule has 19 heavy (non-hydrogen) atoms. The molecule has 6 nitrogen and oxygen atoms in total. The van der Waals surface area contributed by atoms with E-state index in [2.05, 4.69) is 11.8 Å². The van der Waals surface area contributed by atoms with Gasteiger partial charge in [-0.3, -0.25) is 15.0 Å². The van der Waals surface area contributed by atoms with Crippen molar-refractivity contribution in [2.45, 2.75) is 13.0 Å². The van der Waals surface area contributed by atoms with Crippen LogP contribution in [-0.2, 0) is 4.79 Å². The van der Waals surface area contributed by atoms with E-state index in [0.717, 1.165) is 25.1 Å². The Morgan fingerprint density at radius 1 is 1.47 bits per heavy atom. The van der Waals surface area contributed by atoms with E-state index in [-0.39, 0.29) is 11.7 Å². The van der Waals surface area contributed by atoms with Crippen LogP contribution in [0.15, 0.2) is 24.3 Å². The zero-order valence-corrected chi connectivity index (χ0v) is 10.9. The van der Waals surface area contributed by atoms with Crippen LogP contribution in [-0.4, -0.2) is 48.3 Å². The standard InChI is InChI=1S/C13H17N3O3/c1-2-14-6-7-15(13(9-14)10-17)11-4-3-5-12(8-11)16(18)19/h3-5,8,10,13H,2,6-7,9H2,1H3. The number of piperazine rings is 1. The molecular weight excluding hydrogens is 246 g/mol. The van der Waals surface area contributed by atoms with Gasteiger partial charge in [-0.25, -0.2) is 0 Å². The van der Waals surface area contributed by atoms with E-state index in [1.165, 1.54) is 12.1 Å². The molecule has 0 aromatic heterocycles. The van der Waals surface area contributed by atoms with Crippen molar-refractivity contribution in [3.63, 3.8) is 0 Å². The summed E-state index contributed by atoms with van der Waals surface area (Å²) >= 11 is 0. The van der Waals surface area contributed by atoms with Gasteiger partial charge in [-0.2, -0.15) is 0 Å². The van der Waals surface area contributed by atoms with E-state index in [9.17, 15) is 14.9 Å². The number of carbonyl (C=O) groups is 1. The maximum Gasteiger partial charge on any atom is 0.271 e. The van der Waals surface area contributed by atoms with Crippen LogP contribution in [0.1, 0.15) is 6.92 Å². The summed E-state index contributed by atoms with van der Waals surface area (Å²) in [6, 6.07) is 6.21. The van der Waals surface area contributed by atoms with E-state index in [4.69, 9.17) is 0 Å². The first-order chi connectivity index (χ1) is 9.15. The molecule has 1 unspecified atom stereocenters. The average Bonchev–Trinajstić information content (AvgIpc) is 2.46. The fourth-order valence-electron chi connectivity index (χ4n) is 2.38. The summed E-state index contributed by atoms with van der Waals surface area (Å²) in [4.78, 5) is 25.7. The van der Waals surface area contributed by atoms with Crippen LogP contribution in [0.25, 0.3) is 0 Å². The fourth-order valence-corrected chi connectivity index (χ4v) is 2.38. The molecule has 1 aliphatic heterocycles. The van der Waals surface area contributed by atoms with Gasteiger partial charge in [-0.05, 0) is 12.6 Å². The van der Waals surface area contributed by atoms with Gasteiger partial charge in [0.25, 0.3) is 5.69 Å². The molecule has 0 bridgehead atoms. The zero-order valence-electron chi connectivity index (χ0n) is 10.9. The Morgan fingerprint density at radius 2 is 2.26 bits per heavy atom. The van der Waals surface area contributed by atoms with Gasteiger partial charge in [0.05, 0.1) is 11.0 Å². The van der Waals surface area contributed by atoms with Gasteiger partial charge in [-0.1, -0.05) is 13.0 Å². The second-order valence-electron chi connectivity index (χ2n) is 4.57. The van der Waals surface area contributed by atoms with E-state index in [0.29, 0.717) is 13.1 Å². The molecule has 0 amide bonds. The first-order valence-electron chi connectivity index (χ1n) is 6.34. The Balaban J connectivity index is 2.22. The van der Waals surface area contributed by atoms with Crippen LogP contribution in [0.2, 0.25) is 0 Å². The Labute approximate surface area is 111 Å². The molecule has 0 spiro atoms. The van der Waals surface area contributed by atoms with Gasteiger partial charge in [-0.15, -0.1) is 0 Å². The van der Waals surface area contributed by atoms with Crippen molar-refractivity contribution < 1.29 is 9.72 Å². The highest BCUT2D eigenvalue weighted by Crippen LogP contribution is 2.24. The monoisotopic (exact) mass is 263 g/mol. The first kappa shape index (κ1) is 13.5. The molecule has 0 N–H and O–H groups in total. The predicted molar refractivity (Wildman–Crippen MR) is 72.4 cm³/mol. The Morgan fingerprint density at radius 3 is 2.89 bits per heavy atom. The second-order valence-corrected chi connectivity index (χ2v) is 4.57. The summed E-state index contributed by atoms with van der Waals surface area (Å²) in [7, 11) is 0. The molecule has 0 radical (unpaired) electrons. The highest BCUT2D eigenvalue weighted by Gasteiger charge is 2.26. The summed E-state index contributed by atoms with van der Waals surface area (Å²) in [6.45, 7) is 5.21. The SMILES string of the molecule is CCN1CCN(c2cccc([N+](=O)[O-])c2)C(C=O)C1. The molecule has 1 atom stereocenters. The summed E-state index contributed by atoms with van der Waals surface area (Å²) in [5.41, 5.74) is 0.794. The van der Waals surface area contributed by atoms with E-state index >= 15 is 0 Å². The minimum atomic E-state index is -0.415. The van der Waals surface area contributed by atoms with Crippen LogP contribution >= 0.6 is 0 Å². The number of nitrogens with zero attached hydrogens (tertiary/aromatic N) is 3. The van der Waals surface area contributed by atoms with Crippen molar-refractivity contribution in [1.82, 2.24) is 4.90 Å². The minimum absolute atomic E-state index is 0.0556. The van der Waals surface area contributed by atoms with Gasteiger partial charge < -0.3 is 9.69 Å². The quantitative estimate of drug-likeness (QED) is 0.465. The van der Waals surface area contributed by atoms with E-state index in [1.807, 2.05) is 11.0 Å². The highest BCUT2D eigenvalue weighted by molar-refractivity contribution is 5.68. The number of likely N-dealkylation sites (N-methyl/N-ethyl adjacent to an activating group) is 1. The molecular formula is C13H17N3O3. The lowest BCUT2D eigenvalue weighted by Crippen LogP contribution is -2.53. The maximum atomic E-state index is 11.2. The molecule has 1 fully saturated rings. The van der Waals surface area contributed by atoms with Crippen LogP contribution in [0.5, 0.6) is 0 Å². The molecule has 2 rings (SSSR count). The number of hydrogen-bond acceptors (Lipinski definition) is 5. The number of aldehydes is 1. The fraction of sp³-hybridized carbons (Fsp3) is 0.462. The van der Waals surface area contributed by atoms with Crippen molar-refractivity contribution in [3.05, 3.63) is 34.4 Å². The lowest BCUT2D eigenvalue weighted by Gasteiger charge is -2.39. The number of benzene rings is 1. The van der Waals surface area contributed by atoms with E-state index in [1.54, 1.807) is 6.07 Å². The number of hydrogen-bond donors (Lipinski definition) is 0. The third-order valence-corrected chi connectivity index (χ3v) is 3.48. The molecule has 1 aliphatic rings. The molecule has 1 heterocycles. The molecule has 6 heteroatoms. The zero-order chi connectivity index (χ0) is 13.8. The van der Waals surface area contributed by atoms with Crippen molar-refractivity contribution in [3.8, 4) is 0 Å². The van der Waals surface area contributed by atoms with Crippen LogP contribution in [0.4, 0.5) is 11.4 Å². The predicted octanol–water partition coefficient (Wildman–Crippen LogP) is 1.30. The lowest BCUT2D eigenvalue weighted by molar-refractivity contribution is -0.384. The van der Waals surface area contributed by atoms with E-state index < -0.39 is 4.92 Å². The van der Waals surface area contributed by atoms with Crippen molar-refractivity contribution in [1.29, 1.82) is 0 Å². The Bertz CT molecular complexity index is 478.